The van der Waals surface area contributed by atoms with Crippen molar-refractivity contribution in [2.45, 2.75) is 31.5 Å². The normalized spacial score (nSPS) is 11.2. The van der Waals surface area contributed by atoms with Gasteiger partial charge >= 0.3 is 11.7 Å². The predicted molar refractivity (Wildman–Crippen MR) is 123 cm³/mol. The number of amides is 1. The average molecular weight is 445 g/mol. The number of rotatable bonds is 9. The van der Waals surface area contributed by atoms with Crippen LogP contribution in [0.15, 0.2) is 40.3 Å². The summed E-state index contributed by atoms with van der Waals surface area (Å²) in [6.07, 6.45) is 1.61. The number of thioether (sulfide) groups is 1. The summed E-state index contributed by atoms with van der Waals surface area (Å²) in [4.78, 5) is 37.0. The lowest BCUT2D eigenvalue weighted by atomic mass is 10.2. The summed E-state index contributed by atoms with van der Waals surface area (Å²) < 4.78 is 7.62. The molecule has 166 valence electrons. The van der Waals surface area contributed by atoms with Crippen LogP contribution in [0.4, 0.5) is 10.6 Å². The maximum absolute atomic E-state index is 13.4. The summed E-state index contributed by atoms with van der Waals surface area (Å²) >= 11 is 1.47. The summed E-state index contributed by atoms with van der Waals surface area (Å²) in [6.45, 7) is 3.30. The fraction of sp³-hybridized carbons (Fsp3) is 0.429. The zero-order valence-electron chi connectivity index (χ0n) is 18.1. The van der Waals surface area contributed by atoms with E-state index in [4.69, 9.17) is 10.5 Å². The van der Waals surface area contributed by atoms with Crippen molar-refractivity contribution in [3.63, 3.8) is 0 Å². The van der Waals surface area contributed by atoms with Crippen LogP contribution < -0.4 is 11.4 Å². The van der Waals surface area contributed by atoms with Crippen molar-refractivity contribution in [1.82, 2.24) is 24.0 Å². The molecule has 1 amide bonds. The zero-order valence-corrected chi connectivity index (χ0v) is 18.9. The van der Waals surface area contributed by atoms with Gasteiger partial charge in [-0.1, -0.05) is 49.0 Å². The molecule has 9 nitrogen and oxygen atoms in total. The molecule has 0 saturated heterocycles. The molecule has 3 aromatic rings. The van der Waals surface area contributed by atoms with Gasteiger partial charge in [0.15, 0.2) is 16.6 Å². The first kappa shape index (κ1) is 22.8. The molecular formula is C21H28N6O3S. The summed E-state index contributed by atoms with van der Waals surface area (Å²) in [5, 5.41) is 0.492. The van der Waals surface area contributed by atoms with Crippen LogP contribution in [-0.2, 0) is 11.3 Å². The van der Waals surface area contributed by atoms with Crippen LogP contribution in [0.1, 0.15) is 25.3 Å². The van der Waals surface area contributed by atoms with E-state index in [9.17, 15) is 9.59 Å². The summed E-state index contributed by atoms with van der Waals surface area (Å²) in [7, 11) is 3.25. The van der Waals surface area contributed by atoms with Gasteiger partial charge in [0.25, 0.3) is 0 Å². The molecule has 2 aromatic heterocycles. The van der Waals surface area contributed by atoms with Crippen LogP contribution in [0, 0.1) is 0 Å². The number of benzene rings is 1. The summed E-state index contributed by atoms with van der Waals surface area (Å²) in [5.74, 6) is 0.946. The number of nitrogen functional groups attached to an aromatic ring is 1. The molecule has 0 aliphatic carbocycles. The molecule has 0 fully saturated rings. The Morgan fingerprint density at radius 3 is 2.68 bits per heavy atom. The number of nitrogens with two attached hydrogens (primary N) is 1. The molecule has 0 radical (unpaired) electrons. The highest BCUT2D eigenvalue weighted by molar-refractivity contribution is 7.99. The van der Waals surface area contributed by atoms with Crippen LogP contribution in [-0.4, -0.2) is 63.1 Å². The number of carbonyl (C=O) groups is 1. The Hall–Kier alpha value is -2.85. The Bertz CT molecular complexity index is 1100. The van der Waals surface area contributed by atoms with Gasteiger partial charge in [0, 0.05) is 33.1 Å². The first-order valence-electron chi connectivity index (χ1n) is 10.2. The number of anilines is 1. The third-order valence-corrected chi connectivity index (χ3v) is 5.81. The Balaban J connectivity index is 2.12. The van der Waals surface area contributed by atoms with Gasteiger partial charge in [0.2, 0.25) is 0 Å². The summed E-state index contributed by atoms with van der Waals surface area (Å²) in [5.41, 5.74) is 7.27. The second-order valence-electron chi connectivity index (χ2n) is 7.15. The number of methoxy groups -OCH3 is 1. The molecule has 1 aromatic carbocycles. The molecule has 3 rings (SSSR count). The molecule has 0 unspecified atom stereocenters. The summed E-state index contributed by atoms with van der Waals surface area (Å²) in [6, 6.07) is 9.09. The Morgan fingerprint density at radius 2 is 2.00 bits per heavy atom. The van der Waals surface area contributed by atoms with Crippen LogP contribution in [0.3, 0.4) is 0 Å². The van der Waals surface area contributed by atoms with Crippen LogP contribution in [0.5, 0.6) is 0 Å². The Labute approximate surface area is 185 Å². The van der Waals surface area contributed by atoms with Gasteiger partial charge in [-0.3, -0.25) is 4.57 Å². The predicted octanol–water partition coefficient (Wildman–Crippen LogP) is 2.66. The van der Waals surface area contributed by atoms with Crippen LogP contribution >= 0.6 is 11.8 Å². The third kappa shape index (κ3) is 5.08. The van der Waals surface area contributed by atoms with E-state index in [1.807, 2.05) is 30.3 Å². The zero-order chi connectivity index (χ0) is 22.4. The number of hydrogen-bond acceptors (Lipinski definition) is 7. The van der Waals surface area contributed by atoms with Crippen molar-refractivity contribution in [2.75, 3.05) is 38.8 Å². The number of carbonyl (C=O) groups excluding carboxylic acids is 1. The second-order valence-corrected chi connectivity index (χ2v) is 8.21. The van der Waals surface area contributed by atoms with Gasteiger partial charge in [-0.15, -0.1) is 0 Å². The highest BCUT2D eigenvalue weighted by Crippen LogP contribution is 2.23. The van der Waals surface area contributed by atoms with Crippen LogP contribution in [0.2, 0.25) is 0 Å². The van der Waals surface area contributed by atoms with Crippen molar-refractivity contribution in [1.29, 1.82) is 0 Å². The number of aromatic nitrogens is 4. The number of fused-ring (bicyclic) bond motifs is 1. The number of hydrogen-bond donors (Lipinski definition) is 1. The van der Waals surface area contributed by atoms with E-state index < -0.39 is 11.7 Å². The molecule has 0 aliphatic rings. The fourth-order valence-electron chi connectivity index (χ4n) is 3.21. The molecule has 0 aliphatic heterocycles. The molecule has 31 heavy (non-hydrogen) atoms. The van der Waals surface area contributed by atoms with E-state index in [1.54, 1.807) is 14.2 Å². The lowest BCUT2D eigenvalue weighted by Gasteiger charge is -2.17. The smallest absolute Gasteiger partial charge is 0.339 e. The minimum Gasteiger partial charge on any atom is -0.385 e. The maximum atomic E-state index is 13.4. The van der Waals surface area contributed by atoms with Gasteiger partial charge in [-0.05, 0) is 18.4 Å². The minimum absolute atomic E-state index is 0.117. The second kappa shape index (κ2) is 10.5. The van der Waals surface area contributed by atoms with Crippen LogP contribution in [0.25, 0.3) is 11.2 Å². The SMILES string of the molecule is CCCSc1nc(N)c2c(n1)n(Cc1ccccc1)c(=O)n2C(=O)N(C)CCCOC. The average Bonchev–Trinajstić information content (AvgIpc) is 3.04. The topological polar surface area (TPSA) is 108 Å². The molecule has 0 atom stereocenters. The lowest BCUT2D eigenvalue weighted by Crippen LogP contribution is -2.39. The van der Waals surface area contributed by atoms with E-state index in [0.717, 1.165) is 22.3 Å². The lowest BCUT2D eigenvalue weighted by molar-refractivity contribution is 0.176. The minimum atomic E-state index is -0.485. The third-order valence-electron chi connectivity index (χ3n) is 4.75. The van der Waals surface area contributed by atoms with E-state index in [2.05, 4.69) is 16.9 Å². The van der Waals surface area contributed by atoms with Gasteiger partial charge in [-0.25, -0.2) is 24.1 Å². The molecular weight excluding hydrogens is 416 g/mol. The van der Waals surface area contributed by atoms with Gasteiger partial charge in [0.1, 0.15) is 5.52 Å². The molecule has 2 N–H and O–H groups in total. The Kier molecular flexibility index (Phi) is 7.69. The van der Waals surface area contributed by atoms with E-state index in [1.165, 1.54) is 21.2 Å². The highest BCUT2D eigenvalue weighted by atomic mass is 32.2. The number of ether oxygens (including phenoxy) is 1. The van der Waals surface area contributed by atoms with E-state index in [0.29, 0.717) is 30.4 Å². The molecule has 0 bridgehead atoms. The molecule has 10 heteroatoms. The molecule has 2 heterocycles. The first-order chi connectivity index (χ1) is 15.0. The van der Waals surface area contributed by atoms with Crippen molar-refractivity contribution < 1.29 is 9.53 Å². The van der Waals surface area contributed by atoms with Gasteiger partial charge in [0.05, 0.1) is 6.54 Å². The maximum Gasteiger partial charge on any atom is 0.339 e. The van der Waals surface area contributed by atoms with E-state index >= 15 is 0 Å². The highest BCUT2D eigenvalue weighted by Gasteiger charge is 2.25. The molecule has 0 spiro atoms. The van der Waals surface area contributed by atoms with Crippen molar-refractivity contribution in [3.8, 4) is 0 Å². The fourth-order valence-corrected chi connectivity index (χ4v) is 3.91. The largest absolute Gasteiger partial charge is 0.385 e. The van der Waals surface area contributed by atoms with Crippen molar-refractivity contribution >= 4 is 34.8 Å². The molecule has 0 saturated carbocycles. The standard InChI is InChI=1S/C21H28N6O3S/c1-4-13-31-19-23-17(22)16-18(24-19)26(14-15-9-6-5-7-10-15)21(29)27(16)20(28)25(2)11-8-12-30-3/h5-7,9-10H,4,8,11-14H2,1-3H3,(H2,22,23,24). The number of nitrogens with zero attached hydrogens (tertiary/aromatic N) is 5. The Morgan fingerprint density at radius 1 is 1.26 bits per heavy atom. The van der Waals surface area contributed by atoms with Crippen molar-refractivity contribution in [3.05, 3.63) is 46.4 Å². The van der Waals surface area contributed by atoms with Gasteiger partial charge in [-0.2, -0.15) is 0 Å². The van der Waals surface area contributed by atoms with Gasteiger partial charge < -0.3 is 15.4 Å². The quantitative estimate of drug-likeness (QED) is 0.307. The monoisotopic (exact) mass is 444 g/mol. The van der Waals surface area contributed by atoms with Crippen molar-refractivity contribution in [2.24, 2.45) is 0 Å². The first-order valence-corrected chi connectivity index (χ1v) is 11.2. The van der Waals surface area contributed by atoms with E-state index in [-0.39, 0.29) is 17.9 Å². The number of imidazole rings is 1.